The normalized spacial score (nSPS) is 18.0. The summed E-state index contributed by atoms with van der Waals surface area (Å²) in [5.41, 5.74) is -1.61. The Hall–Kier alpha value is -3.55. The molecule has 1 fully saturated rings. The molecule has 1 aliphatic heterocycles. The number of ether oxygens (including phenoxy) is 2. The van der Waals surface area contributed by atoms with Gasteiger partial charge in [0.15, 0.2) is 11.6 Å². The maximum absolute atomic E-state index is 16.0. The number of methoxy groups -OCH3 is 1. The number of rotatable bonds is 9. The number of aromatic nitrogens is 1. The van der Waals surface area contributed by atoms with E-state index in [1.165, 1.54) is 19.2 Å². The molecule has 3 aromatic rings. The van der Waals surface area contributed by atoms with Crippen molar-refractivity contribution in [2.24, 2.45) is 0 Å². The minimum Gasteiger partial charge on any atom is -0.492 e. The Morgan fingerprint density at radius 2 is 1.78 bits per heavy atom. The number of nitrogens with zero attached hydrogens (tertiary/aromatic N) is 3. The molecule has 2 aromatic carbocycles. The lowest BCUT2D eigenvalue weighted by molar-refractivity contribution is -0.162. The molecule has 0 unspecified atom stereocenters. The highest BCUT2D eigenvalue weighted by Crippen LogP contribution is 2.42. The number of piperazine rings is 1. The fraction of sp³-hybridized carbons (Fsp3) is 0.452. The predicted molar refractivity (Wildman–Crippen MR) is 168 cm³/mol. The molecule has 1 aliphatic rings. The molecule has 1 N–H and O–H groups in total. The minimum atomic E-state index is -4.81. The molecule has 15 heteroatoms. The molecular formula is C31H34Cl2F4N4O5. The van der Waals surface area contributed by atoms with E-state index in [2.05, 4.69) is 5.32 Å². The summed E-state index contributed by atoms with van der Waals surface area (Å²) in [6.45, 7) is 6.68. The number of nitrogens with one attached hydrogen (secondary N) is 1. The van der Waals surface area contributed by atoms with Gasteiger partial charge in [0, 0.05) is 48.0 Å². The van der Waals surface area contributed by atoms with Gasteiger partial charge in [-0.2, -0.15) is 13.2 Å². The van der Waals surface area contributed by atoms with E-state index in [0.29, 0.717) is 15.2 Å². The summed E-state index contributed by atoms with van der Waals surface area (Å²) in [7, 11) is 1.17. The highest BCUT2D eigenvalue weighted by atomic mass is 35.5. The summed E-state index contributed by atoms with van der Waals surface area (Å²) in [6, 6.07) is 2.57. The summed E-state index contributed by atoms with van der Waals surface area (Å²) >= 11 is 12.1. The van der Waals surface area contributed by atoms with Gasteiger partial charge in [-0.3, -0.25) is 19.3 Å². The fourth-order valence-electron chi connectivity index (χ4n) is 5.70. The number of pyridine rings is 1. The first-order valence-electron chi connectivity index (χ1n) is 14.5. The Morgan fingerprint density at radius 1 is 1.13 bits per heavy atom. The molecule has 0 spiro atoms. The van der Waals surface area contributed by atoms with Crippen LogP contribution in [0.15, 0.2) is 35.3 Å². The van der Waals surface area contributed by atoms with Crippen molar-refractivity contribution in [3.05, 3.63) is 67.7 Å². The zero-order valence-corrected chi connectivity index (χ0v) is 27.3. The van der Waals surface area contributed by atoms with E-state index >= 15 is 4.39 Å². The largest absolute Gasteiger partial charge is 0.492 e. The van der Waals surface area contributed by atoms with Crippen LogP contribution in [0.25, 0.3) is 10.9 Å². The smallest absolute Gasteiger partial charge is 0.408 e. The second-order valence-corrected chi connectivity index (χ2v) is 12.0. The van der Waals surface area contributed by atoms with Gasteiger partial charge < -0.3 is 24.3 Å². The Morgan fingerprint density at radius 3 is 2.35 bits per heavy atom. The Balaban J connectivity index is 1.82. The van der Waals surface area contributed by atoms with Crippen LogP contribution >= 0.6 is 23.2 Å². The van der Waals surface area contributed by atoms with Crippen LogP contribution in [-0.2, 0) is 16.1 Å². The van der Waals surface area contributed by atoms with Crippen molar-refractivity contribution in [1.29, 1.82) is 0 Å². The van der Waals surface area contributed by atoms with E-state index in [0.717, 1.165) is 19.2 Å². The molecule has 1 saturated heterocycles. The van der Waals surface area contributed by atoms with Crippen LogP contribution < -0.4 is 20.4 Å². The number of esters is 1. The highest BCUT2D eigenvalue weighted by molar-refractivity contribution is 6.35. The number of hydrogen-bond acceptors (Lipinski definition) is 7. The van der Waals surface area contributed by atoms with E-state index in [9.17, 15) is 27.6 Å². The van der Waals surface area contributed by atoms with E-state index in [-0.39, 0.29) is 66.8 Å². The van der Waals surface area contributed by atoms with Gasteiger partial charge in [0.2, 0.25) is 5.43 Å². The lowest BCUT2D eigenvalue weighted by atomic mass is 10.0. The van der Waals surface area contributed by atoms with Gasteiger partial charge in [-0.15, -0.1) is 0 Å². The highest BCUT2D eigenvalue weighted by Gasteiger charge is 2.40. The van der Waals surface area contributed by atoms with Crippen LogP contribution in [0.1, 0.15) is 49.7 Å². The number of benzene rings is 2. The van der Waals surface area contributed by atoms with Gasteiger partial charge in [0.25, 0.3) is 5.91 Å². The molecule has 2 heterocycles. The molecule has 1 aromatic heterocycles. The Bertz CT molecular complexity index is 1690. The number of carbonyl (C=O) groups excluding carboxylic acids is 2. The summed E-state index contributed by atoms with van der Waals surface area (Å²) in [6.07, 6.45) is -4.00. The lowest BCUT2D eigenvalue weighted by Crippen LogP contribution is -2.58. The summed E-state index contributed by atoms with van der Waals surface area (Å²) in [5.74, 6) is -2.60. The molecule has 9 nitrogen and oxygen atoms in total. The monoisotopic (exact) mass is 688 g/mol. The second kappa shape index (κ2) is 14.1. The average Bonchev–Trinajstić information content (AvgIpc) is 2.97. The standard InChI is InChI=1S/C31H34Cl2F4N4O5/c1-6-46-25(42)15-40-16(2)12-39(13-17(40)3)27-24(34)10-21-26(29(27)45-5)41(18(4)31(35,36)37)14-22(28(21)43)30(44)38-11-19-7-8-20(32)9-23(19)33/h7-10,14,16-18H,6,11-13,15H2,1-5H3,(H,38,44)/t16-,17+,18-/m0/s1. The van der Waals surface area contributed by atoms with Crippen LogP contribution in [0.4, 0.5) is 23.2 Å². The summed E-state index contributed by atoms with van der Waals surface area (Å²) in [5, 5.41) is 2.62. The first-order chi connectivity index (χ1) is 21.6. The van der Waals surface area contributed by atoms with E-state index in [1.54, 1.807) is 17.9 Å². The third-order valence-electron chi connectivity index (χ3n) is 8.03. The van der Waals surface area contributed by atoms with Crippen molar-refractivity contribution in [1.82, 2.24) is 14.8 Å². The second-order valence-electron chi connectivity index (χ2n) is 11.1. The zero-order chi connectivity index (χ0) is 34.1. The molecule has 250 valence electrons. The van der Waals surface area contributed by atoms with Gasteiger partial charge in [0.05, 0.1) is 31.2 Å². The van der Waals surface area contributed by atoms with Crippen molar-refractivity contribution in [3.8, 4) is 5.75 Å². The predicted octanol–water partition coefficient (Wildman–Crippen LogP) is 5.97. The minimum absolute atomic E-state index is 0.0130. The van der Waals surface area contributed by atoms with E-state index in [1.807, 2.05) is 18.7 Å². The number of hydrogen-bond donors (Lipinski definition) is 1. The maximum atomic E-state index is 16.0. The van der Waals surface area contributed by atoms with Crippen LogP contribution in [0.5, 0.6) is 5.75 Å². The van der Waals surface area contributed by atoms with Gasteiger partial charge in [-0.1, -0.05) is 29.3 Å². The molecule has 0 bridgehead atoms. The molecule has 4 rings (SSSR count). The molecule has 46 heavy (non-hydrogen) atoms. The van der Waals surface area contributed by atoms with Crippen LogP contribution in [-0.4, -0.2) is 73.0 Å². The number of amides is 1. The van der Waals surface area contributed by atoms with Gasteiger partial charge in [-0.25, -0.2) is 4.39 Å². The van der Waals surface area contributed by atoms with E-state index in [4.69, 9.17) is 32.7 Å². The number of halogens is 6. The number of alkyl halides is 3. The third-order valence-corrected chi connectivity index (χ3v) is 8.61. The fourth-order valence-corrected chi connectivity index (χ4v) is 6.17. The number of fused-ring (bicyclic) bond motifs is 1. The Labute approximate surface area is 272 Å². The molecule has 0 aliphatic carbocycles. The van der Waals surface area contributed by atoms with Crippen molar-refractivity contribution in [3.63, 3.8) is 0 Å². The van der Waals surface area contributed by atoms with E-state index < -0.39 is 46.3 Å². The Kier molecular flexibility index (Phi) is 10.8. The average molecular weight is 690 g/mol. The van der Waals surface area contributed by atoms with Crippen LogP contribution in [0.2, 0.25) is 10.0 Å². The molecule has 0 radical (unpaired) electrons. The van der Waals surface area contributed by atoms with Crippen LogP contribution in [0.3, 0.4) is 0 Å². The topological polar surface area (TPSA) is 93.1 Å². The SMILES string of the molecule is CCOC(=O)CN1[C@H](C)CN(c2c(F)cc3c(=O)c(C(=O)NCc4ccc(Cl)cc4Cl)cn([C@@H](C)C(F)(F)F)c3c2OC)C[C@@H]1C. The quantitative estimate of drug-likeness (QED) is 0.219. The van der Waals surface area contributed by atoms with Crippen molar-refractivity contribution in [2.45, 2.75) is 58.5 Å². The zero-order valence-electron chi connectivity index (χ0n) is 25.8. The first kappa shape index (κ1) is 35.3. The number of anilines is 1. The molecule has 1 amide bonds. The van der Waals surface area contributed by atoms with Crippen molar-refractivity contribution >= 4 is 51.7 Å². The summed E-state index contributed by atoms with van der Waals surface area (Å²) in [4.78, 5) is 42.5. The van der Waals surface area contributed by atoms with Gasteiger partial charge in [-0.05, 0) is 51.5 Å². The summed E-state index contributed by atoms with van der Waals surface area (Å²) < 4.78 is 70.0. The maximum Gasteiger partial charge on any atom is 0.408 e. The van der Waals surface area contributed by atoms with Crippen LogP contribution in [0, 0.1) is 5.82 Å². The van der Waals surface area contributed by atoms with Gasteiger partial charge in [0.1, 0.15) is 17.3 Å². The molecular weight excluding hydrogens is 655 g/mol. The first-order valence-corrected chi connectivity index (χ1v) is 15.2. The molecule has 0 saturated carbocycles. The van der Waals surface area contributed by atoms with Gasteiger partial charge >= 0.3 is 12.1 Å². The molecule has 3 atom stereocenters. The third kappa shape index (κ3) is 7.21. The number of carbonyl (C=O) groups is 2. The van der Waals surface area contributed by atoms with Crippen molar-refractivity contribution in [2.75, 3.05) is 38.3 Å². The lowest BCUT2D eigenvalue weighted by Gasteiger charge is -2.45. The van der Waals surface area contributed by atoms with Crippen molar-refractivity contribution < 1.29 is 36.6 Å².